The van der Waals surface area contributed by atoms with Gasteiger partial charge in [0.15, 0.2) is 0 Å². The van der Waals surface area contributed by atoms with Crippen LogP contribution < -0.4 is 5.43 Å². The van der Waals surface area contributed by atoms with Crippen LogP contribution in [0.2, 0.25) is 0 Å². The number of hydrazone groups is 1. The van der Waals surface area contributed by atoms with E-state index in [-0.39, 0.29) is 18.0 Å². The Kier molecular flexibility index (Phi) is 5.35. The van der Waals surface area contributed by atoms with E-state index < -0.39 is 15.5 Å². The number of benzene rings is 1. The van der Waals surface area contributed by atoms with E-state index in [4.69, 9.17) is 5.11 Å². The van der Waals surface area contributed by atoms with Crippen LogP contribution >= 0.6 is 0 Å². The minimum absolute atomic E-state index is 0.0314. The molecule has 0 aliphatic carbocycles. The van der Waals surface area contributed by atoms with Crippen molar-refractivity contribution >= 4 is 23.3 Å². The molecule has 0 aliphatic heterocycles. The summed E-state index contributed by atoms with van der Waals surface area (Å²) < 4.78 is 0. The van der Waals surface area contributed by atoms with Crippen molar-refractivity contribution in [1.82, 2.24) is 0 Å². The van der Waals surface area contributed by atoms with Crippen molar-refractivity contribution in [3.05, 3.63) is 38.4 Å². The van der Waals surface area contributed by atoms with Gasteiger partial charge in [-0.1, -0.05) is 0 Å². The number of nitro benzene ring substituents is 2. The van der Waals surface area contributed by atoms with E-state index >= 15 is 0 Å². The Bertz CT molecular complexity index is 503. The summed E-state index contributed by atoms with van der Waals surface area (Å²) in [7, 11) is 0. The van der Waals surface area contributed by atoms with Gasteiger partial charge in [-0.05, 0) is 18.9 Å². The highest BCUT2D eigenvalue weighted by molar-refractivity contribution is 5.67. The molecule has 0 fully saturated rings. The molecule has 0 spiro atoms. The maximum atomic E-state index is 10.8. The molecule has 19 heavy (non-hydrogen) atoms. The highest BCUT2D eigenvalue weighted by Crippen LogP contribution is 2.28. The Morgan fingerprint density at radius 1 is 1.32 bits per heavy atom. The van der Waals surface area contributed by atoms with Gasteiger partial charge in [0, 0.05) is 18.9 Å². The summed E-state index contributed by atoms with van der Waals surface area (Å²) in [5.41, 5.74) is 1.73. The fourth-order valence-corrected chi connectivity index (χ4v) is 1.24. The lowest BCUT2D eigenvalue weighted by atomic mass is 10.2. The van der Waals surface area contributed by atoms with Gasteiger partial charge in [0.2, 0.25) is 0 Å². The molecule has 0 aromatic heterocycles. The summed E-state index contributed by atoms with van der Waals surface area (Å²) in [6.07, 6.45) is 2.51. The molecule has 0 atom stereocenters. The van der Waals surface area contributed by atoms with Gasteiger partial charge in [-0.3, -0.25) is 25.7 Å². The van der Waals surface area contributed by atoms with Gasteiger partial charge in [0.05, 0.1) is 15.9 Å². The highest BCUT2D eigenvalue weighted by atomic mass is 16.6. The third kappa shape index (κ3) is 4.32. The third-order valence-corrected chi connectivity index (χ3v) is 2.16. The molecule has 102 valence electrons. The molecular weight excluding hydrogens is 256 g/mol. The van der Waals surface area contributed by atoms with Crippen LogP contribution in [0.1, 0.15) is 12.8 Å². The summed E-state index contributed by atoms with van der Waals surface area (Å²) in [6, 6.07) is 3.24. The molecule has 0 saturated carbocycles. The van der Waals surface area contributed by atoms with Crippen molar-refractivity contribution in [2.45, 2.75) is 12.8 Å². The number of non-ortho nitro benzene ring substituents is 1. The molecule has 1 rings (SSSR count). The van der Waals surface area contributed by atoms with E-state index in [1.165, 1.54) is 12.3 Å². The monoisotopic (exact) mass is 268 g/mol. The number of hydrogen-bond acceptors (Lipinski definition) is 7. The topological polar surface area (TPSA) is 131 Å². The van der Waals surface area contributed by atoms with Gasteiger partial charge in [-0.2, -0.15) is 5.10 Å². The fourth-order valence-electron chi connectivity index (χ4n) is 1.24. The van der Waals surface area contributed by atoms with Crippen LogP contribution in [-0.2, 0) is 0 Å². The number of aliphatic hydroxyl groups is 1. The van der Waals surface area contributed by atoms with Crippen molar-refractivity contribution in [1.29, 1.82) is 0 Å². The standard InChI is InChI=1S/C10H12N4O5/c15-6-2-1-5-11-12-9-4-3-8(13(16)17)7-10(9)14(18)19/h3-5,7,12,15H,1-2,6H2/b11-5-. The van der Waals surface area contributed by atoms with E-state index in [1.54, 1.807) is 0 Å². The first kappa shape index (κ1) is 14.5. The lowest BCUT2D eigenvalue weighted by Crippen LogP contribution is -1.98. The number of aliphatic hydroxyl groups excluding tert-OH is 1. The van der Waals surface area contributed by atoms with Crippen molar-refractivity contribution in [2.24, 2.45) is 5.10 Å². The molecular formula is C10H12N4O5. The average Bonchev–Trinajstić information content (AvgIpc) is 2.38. The molecule has 0 heterocycles. The first-order chi connectivity index (χ1) is 9.06. The lowest BCUT2D eigenvalue weighted by Gasteiger charge is -2.01. The predicted molar refractivity (Wildman–Crippen MR) is 68.2 cm³/mol. The van der Waals surface area contributed by atoms with Gasteiger partial charge in [0.1, 0.15) is 5.69 Å². The fraction of sp³-hybridized carbons (Fsp3) is 0.300. The van der Waals surface area contributed by atoms with Gasteiger partial charge < -0.3 is 5.11 Å². The molecule has 0 bridgehead atoms. The Labute approximate surface area is 107 Å². The van der Waals surface area contributed by atoms with Crippen molar-refractivity contribution in [2.75, 3.05) is 12.0 Å². The van der Waals surface area contributed by atoms with E-state index in [2.05, 4.69) is 10.5 Å². The number of rotatable bonds is 7. The number of nitrogens with zero attached hydrogens (tertiary/aromatic N) is 3. The molecule has 0 radical (unpaired) electrons. The Hall–Kier alpha value is -2.55. The molecule has 2 N–H and O–H groups in total. The third-order valence-electron chi connectivity index (χ3n) is 2.16. The number of nitro groups is 2. The maximum Gasteiger partial charge on any atom is 0.301 e. The zero-order valence-corrected chi connectivity index (χ0v) is 9.85. The summed E-state index contributed by atoms with van der Waals surface area (Å²) >= 11 is 0. The quantitative estimate of drug-likeness (QED) is 0.334. The molecule has 0 saturated heterocycles. The van der Waals surface area contributed by atoms with Gasteiger partial charge in [-0.15, -0.1) is 0 Å². The number of nitrogens with one attached hydrogen (secondary N) is 1. The summed E-state index contributed by atoms with van der Waals surface area (Å²) in [5.74, 6) is 0. The second kappa shape index (κ2) is 7.01. The molecule has 0 unspecified atom stereocenters. The lowest BCUT2D eigenvalue weighted by molar-refractivity contribution is -0.393. The Morgan fingerprint density at radius 3 is 2.63 bits per heavy atom. The molecule has 0 aliphatic rings. The number of unbranched alkanes of at least 4 members (excludes halogenated alkanes) is 1. The van der Waals surface area contributed by atoms with Gasteiger partial charge >= 0.3 is 5.69 Å². The van der Waals surface area contributed by atoms with E-state index in [1.807, 2.05) is 0 Å². The molecule has 1 aromatic carbocycles. The molecule has 9 heteroatoms. The van der Waals surface area contributed by atoms with Crippen LogP contribution in [0.5, 0.6) is 0 Å². The Balaban J connectivity index is 2.85. The smallest absolute Gasteiger partial charge is 0.301 e. The van der Waals surface area contributed by atoms with E-state index in [0.29, 0.717) is 12.8 Å². The number of hydrogen-bond donors (Lipinski definition) is 2. The minimum Gasteiger partial charge on any atom is -0.396 e. The minimum atomic E-state index is -0.724. The number of anilines is 1. The second-order valence-electron chi connectivity index (χ2n) is 3.50. The second-order valence-corrected chi connectivity index (χ2v) is 3.50. The largest absolute Gasteiger partial charge is 0.396 e. The first-order valence-corrected chi connectivity index (χ1v) is 5.37. The van der Waals surface area contributed by atoms with E-state index in [9.17, 15) is 20.2 Å². The molecule has 9 nitrogen and oxygen atoms in total. The predicted octanol–water partition coefficient (Wildman–Crippen LogP) is 1.67. The average molecular weight is 268 g/mol. The highest BCUT2D eigenvalue weighted by Gasteiger charge is 2.18. The van der Waals surface area contributed by atoms with Crippen molar-refractivity contribution in [3.8, 4) is 0 Å². The van der Waals surface area contributed by atoms with Crippen LogP contribution in [0.15, 0.2) is 23.3 Å². The summed E-state index contributed by atoms with van der Waals surface area (Å²) in [4.78, 5) is 19.9. The van der Waals surface area contributed by atoms with Crippen molar-refractivity contribution < 1.29 is 15.0 Å². The summed E-state index contributed by atoms with van der Waals surface area (Å²) in [5, 5.41) is 33.6. The van der Waals surface area contributed by atoms with Gasteiger partial charge in [0.25, 0.3) is 5.69 Å². The maximum absolute atomic E-state index is 10.8. The van der Waals surface area contributed by atoms with Crippen molar-refractivity contribution in [3.63, 3.8) is 0 Å². The molecule has 1 aromatic rings. The van der Waals surface area contributed by atoms with Crippen LogP contribution in [0.25, 0.3) is 0 Å². The normalized spacial score (nSPS) is 10.6. The SMILES string of the molecule is O=[N+]([O-])c1ccc(N/N=C\CCCO)c([N+](=O)[O-])c1. The summed E-state index contributed by atoms with van der Waals surface area (Å²) in [6.45, 7) is 0.0314. The van der Waals surface area contributed by atoms with Gasteiger partial charge in [-0.25, -0.2) is 0 Å². The zero-order valence-electron chi connectivity index (χ0n) is 9.85. The zero-order chi connectivity index (χ0) is 14.3. The van der Waals surface area contributed by atoms with Crippen LogP contribution in [0.4, 0.5) is 17.1 Å². The Morgan fingerprint density at radius 2 is 2.05 bits per heavy atom. The van der Waals surface area contributed by atoms with E-state index in [0.717, 1.165) is 12.1 Å². The first-order valence-electron chi connectivity index (χ1n) is 5.37. The van der Waals surface area contributed by atoms with Crippen LogP contribution in [0, 0.1) is 20.2 Å². The van der Waals surface area contributed by atoms with Crippen LogP contribution in [-0.4, -0.2) is 27.8 Å². The molecule has 0 amide bonds. The van der Waals surface area contributed by atoms with Crippen LogP contribution in [0.3, 0.4) is 0 Å².